The van der Waals surface area contributed by atoms with E-state index in [1.807, 2.05) is 21.1 Å². The van der Waals surface area contributed by atoms with Gasteiger partial charge in [-0.15, -0.1) is 0 Å². The van der Waals surface area contributed by atoms with Gasteiger partial charge in [-0.3, -0.25) is 9.59 Å². The van der Waals surface area contributed by atoms with Crippen LogP contribution >= 0.6 is 0 Å². The molecule has 0 fully saturated rings. The summed E-state index contributed by atoms with van der Waals surface area (Å²) in [6.07, 6.45) is 49.8. The molecule has 2 atom stereocenters. The van der Waals surface area contributed by atoms with Crippen LogP contribution < -0.4 is 0 Å². The summed E-state index contributed by atoms with van der Waals surface area (Å²) in [5.74, 6) is -1.45. The number of aliphatic carboxylic acids is 1. The number of rotatable bonds is 48. The van der Waals surface area contributed by atoms with Crippen molar-refractivity contribution in [3.63, 3.8) is 0 Å². The highest BCUT2D eigenvalue weighted by atomic mass is 16.6. The number of unbranched alkanes of at least 4 members (excludes halogenated alkanes) is 32. The van der Waals surface area contributed by atoms with E-state index < -0.39 is 18.1 Å². The fraction of sp³-hybridized carbons (Fsp3) is 0.906. The molecule has 1 N–H and O–H groups in total. The van der Waals surface area contributed by atoms with E-state index in [4.69, 9.17) is 14.2 Å². The average molecular weight is 865 g/mol. The van der Waals surface area contributed by atoms with Gasteiger partial charge in [0.1, 0.15) is 6.61 Å². The van der Waals surface area contributed by atoms with E-state index in [-0.39, 0.29) is 36.2 Å². The van der Waals surface area contributed by atoms with Crippen LogP contribution in [0, 0.1) is 0 Å². The summed E-state index contributed by atoms with van der Waals surface area (Å²) >= 11 is 0. The second kappa shape index (κ2) is 44.7. The number of carbonyl (C=O) groups excluding carboxylic acids is 2. The lowest BCUT2D eigenvalue weighted by molar-refractivity contribution is -0.887. The van der Waals surface area contributed by atoms with E-state index in [1.165, 1.54) is 186 Å². The first kappa shape index (κ1) is 59.1. The van der Waals surface area contributed by atoms with Crippen molar-refractivity contribution in [3.8, 4) is 0 Å². The van der Waals surface area contributed by atoms with E-state index in [2.05, 4.69) is 26.0 Å². The topological polar surface area (TPSA) is 99.1 Å². The number of carbonyl (C=O) groups is 3. The molecule has 0 aromatic heterocycles. The molecule has 8 nitrogen and oxygen atoms in total. The Labute approximate surface area is 378 Å². The Kier molecular flexibility index (Phi) is 43.3. The number of allylic oxidation sites excluding steroid dienone is 2. The highest BCUT2D eigenvalue weighted by Crippen LogP contribution is 2.16. The molecule has 360 valence electrons. The maximum Gasteiger partial charge on any atom is 0.362 e. The molecule has 0 aromatic carbocycles. The molecular formula is C53H102NO7+. The number of hydrogen-bond donors (Lipinski definition) is 1. The van der Waals surface area contributed by atoms with Crippen molar-refractivity contribution in [2.24, 2.45) is 0 Å². The number of nitrogens with zero attached hydrogens (tertiary/aromatic N) is 1. The summed E-state index contributed by atoms with van der Waals surface area (Å²) in [6, 6.07) is -0.611. The molecule has 0 saturated heterocycles. The highest BCUT2D eigenvalue weighted by molar-refractivity contribution is 5.72. The standard InChI is InChI=1S/C53H101NO7/c1-6-8-10-12-14-16-18-20-22-23-24-25-26-27-28-29-30-32-34-36-38-40-42-44-52(56)61-49(47-59-46-45-50(53(57)58)54(3,4)5)48-60-51(55)43-41-39-37-35-33-31-21-19-17-15-13-11-9-7-2/h23-24,49-50H,6-22,25-48H2,1-5H3/p+1/b24-23-. The Morgan fingerprint density at radius 1 is 0.475 bits per heavy atom. The molecule has 0 saturated carbocycles. The minimum absolute atomic E-state index is 0.0443. The van der Waals surface area contributed by atoms with E-state index in [9.17, 15) is 19.5 Å². The zero-order valence-corrected chi connectivity index (χ0v) is 41.1. The quantitative estimate of drug-likeness (QED) is 0.0281. The summed E-state index contributed by atoms with van der Waals surface area (Å²) in [7, 11) is 5.55. The second-order valence-corrected chi connectivity index (χ2v) is 19.1. The van der Waals surface area contributed by atoms with Gasteiger partial charge in [0.2, 0.25) is 0 Å². The van der Waals surface area contributed by atoms with Gasteiger partial charge in [-0.1, -0.05) is 212 Å². The maximum atomic E-state index is 12.8. The number of esters is 2. The molecule has 0 spiro atoms. The smallest absolute Gasteiger partial charge is 0.362 e. The third-order valence-electron chi connectivity index (χ3n) is 12.2. The Hall–Kier alpha value is -1.93. The number of likely N-dealkylation sites (N-methyl/N-ethyl adjacent to an activating group) is 1. The van der Waals surface area contributed by atoms with Crippen molar-refractivity contribution in [2.45, 2.75) is 270 Å². The number of hydrogen-bond acceptors (Lipinski definition) is 6. The predicted octanol–water partition coefficient (Wildman–Crippen LogP) is 15.0. The van der Waals surface area contributed by atoms with Crippen LogP contribution in [0.4, 0.5) is 0 Å². The van der Waals surface area contributed by atoms with Crippen LogP contribution in [0.25, 0.3) is 0 Å². The van der Waals surface area contributed by atoms with E-state index in [0.717, 1.165) is 38.5 Å². The number of quaternary nitrogens is 1. The summed E-state index contributed by atoms with van der Waals surface area (Å²) in [4.78, 5) is 37.1. The monoisotopic (exact) mass is 865 g/mol. The minimum atomic E-state index is -0.870. The van der Waals surface area contributed by atoms with Crippen molar-refractivity contribution in [1.82, 2.24) is 0 Å². The molecule has 0 bridgehead atoms. The molecule has 0 aromatic rings. The molecule has 0 amide bonds. The zero-order chi connectivity index (χ0) is 44.9. The van der Waals surface area contributed by atoms with Gasteiger partial charge in [-0.05, 0) is 38.5 Å². The first-order valence-electron chi connectivity index (χ1n) is 26.2. The zero-order valence-electron chi connectivity index (χ0n) is 41.1. The first-order valence-corrected chi connectivity index (χ1v) is 26.2. The summed E-state index contributed by atoms with van der Waals surface area (Å²) < 4.78 is 17.4. The first-order chi connectivity index (χ1) is 29.6. The molecule has 0 rings (SSSR count). The lowest BCUT2D eigenvalue weighted by Crippen LogP contribution is -2.50. The van der Waals surface area contributed by atoms with Gasteiger partial charge < -0.3 is 23.8 Å². The van der Waals surface area contributed by atoms with E-state index in [1.54, 1.807) is 0 Å². The number of ether oxygens (including phenoxy) is 3. The lowest BCUT2D eigenvalue weighted by Gasteiger charge is -2.31. The van der Waals surface area contributed by atoms with Gasteiger partial charge in [0.15, 0.2) is 12.1 Å². The molecule has 0 heterocycles. The minimum Gasteiger partial charge on any atom is -0.477 e. The molecule has 2 unspecified atom stereocenters. The van der Waals surface area contributed by atoms with Crippen molar-refractivity contribution >= 4 is 17.9 Å². The van der Waals surface area contributed by atoms with E-state index >= 15 is 0 Å². The molecule has 0 aliphatic carbocycles. The fourth-order valence-electron chi connectivity index (χ4n) is 8.09. The van der Waals surface area contributed by atoms with Gasteiger partial charge in [0, 0.05) is 19.3 Å². The van der Waals surface area contributed by atoms with Gasteiger partial charge in [0.05, 0.1) is 34.4 Å². The molecule has 0 radical (unpaired) electrons. The molecular weight excluding hydrogens is 763 g/mol. The van der Waals surface area contributed by atoms with Crippen molar-refractivity contribution < 1.29 is 38.2 Å². The Bertz CT molecular complexity index is 1010. The third-order valence-corrected chi connectivity index (χ3v) is 12.2. The van der Waals surface area contributed by atoms with Gasteiger partial charge in [0.25, 0.3) is 0 Å². The third kappa shape index (κ3) is 43.1. The van der Waals surface area contributed by atoms with Crippen LogP contribution in [0.2, 0.25) is 0 Å². The largest absolute Gasteiger partial charge is 0.477 e. The normalized spacial score (nSPS) is 12.9. The fourth-order valence-corrected chi connectivity index (χ4v) is 8.09. The van der Waals surface area contributed by atoms with Crippen molar-refractivity contribution in [1.29, 1.82) is 0 Å². The molecule has 0 aliphatic rings. The number of carboxylic acids is 1. The number of carboxylic acid groups (broad SMARTS) is 1. The van der Waals surface area contributed by atoms with Gasteiger partial charge >= 0.3 is 17.9 Å². The van der Waals surface area contributed by atoms with Gasteiger partial charge in [-0.25, -0.2) is 4.79 Å². The maximum absolute atomic E-state index is 12.8. The van der Waals surface area contributed by atoms with Crippen molar-refractivity contribution in [2.75, 3.05) is 41.0 Å². The van der Waals surface area contributed by atoms with Crippen molar-refractivity contribution in [3.05, 3.63) is 12.2 Å². The Morgan fingerprint density at radius 2 is 0.820 bits per heavy atom. The Morgan fingerprint density at radius 3 is 1.18 bits per heavy atom. The second-order valence-electron chi connectivity index (χ2n) is 19.1. The lowest BCUT2D eigenvalue weighted by atomic mass is 10.0. The Balaban J connectivity index is 4.16. The van der Waals surface area contributed by atoms with Crippen LogP contribution in [-0.4, -0.2) is 80.6 Å². The average Bonchev–Trinajstić information content (AvgIpc) is 3.22. The summed E-state index contributed by atoms with van der Waals surface area (Å²) in [5, 5.41) is 9.65. The van der Waals surface area contributed by atoms with Gasteiger partial charge in [-0.2, -0.15) is 0 Å². The van der Waals surface area contributed by atoms with Crippen LogP contribution in [0.1, 0.15) is 258 Å². The van der Waals surface area contributed by atoms with E-state index in [0.29, 0.717) is 19.3 Å². The summed E-state index contributed by atoms with van der Waals surface area (Å²) in [5.41, 5.74) is 0. The molecule has 61 heavy (non-hydrogen) atoms. The van der Waals surface area contributed by atoms with Crippen LogP contribution in [-0.2, 0) is 28.6 Å². The van der Waals surface area contributed by atoms with Crippen LogP contribution in [0.5, 0.6) is 0 Å². The predicted molar refractivity (Wildman–Crippen MR) is 257 cm³/mol. The van der Waals surface area contributed by atoms with Crippen LogP contribution in [0.15, 0.2) is 12.2 Å². The highest BCUT2D eigenvalue weighted by Gasteiger charge is 2.31. The molecule has 0 aliphatic heterocycles. The SMILES string of the molecule is CCCCCCCCCC/C=C\CCCCCCCCCCCCCC(=O)OC(COCCC(C(=O)O)[N+](C)(C)C)COC(=O)CCCCCCCCCCCCCCCC. The van der Waals surface area contributed by atoms with Crippen LogP contribution in [0.3, 0.4) is 0 Å². The molecule has 8 heteroatoms. The summed E-state index contributed by atoms with van der Waals surface area (Å²) in [6.45, 7) is 4.78.